The molecule has 0 aliphatic carbocycles. The van der Waals surface area contributed by atoms with E-state index in [1.165, 1.54) is 12.1 Å². The standard InChI is InChI=1S/C12H13BrFNO3/c13-8-1-2-10(14)9(7-8)11(12(16)17)15-3-5-18-6-4-15/h1-2,7,11H,3-6H2,(H,16,17). The molecule has 1 N–H and O–H groups in total. The molecule has 1 aliphatic rings. The lowest BCUT2D eigenvalue weighted by molar-refractivity contribution is -0.145. The van der Waals surface area contributed by atoms with Gasteiger partial charge in [0.25, 0.3) is 0 Å². The lowest BCUT2D eigenvalue weighted by Gasteiger charge is -2.32. The number of nitrogens with zero attached hydrogens (tertiary/aromatic N) is 1. The Morgan fingerprint density at radius 3 is 2.72 bits per heavy atom. The van der Waals surface area contributed by atoms with Gasteiger partial charge in [0.05, 0.1) is 13.2 Å². The third-order valence-corrected chi connectivity index (χ3v) is 3.39. The van der Waals surface area contributed by atoms with Crippen LogP contribution in [0.5, 0.6) is 0 Å². The summed E-state index contributed by atoms with van der Waals surface area (Å²) < 4.78 is 19.6. The molecule has 1 heterocycles. The molecule has 1 saturated heterocycles. The van der Waals surface area contributed by atoms with Gasteiger partial charge in [0.1, 0.15) is 11.9 Å². The minimum absolute atomic E-state index is 0.179. The molecule has 0 spiro atoms. The smallest absolute Gasteiger partial charge is 0.325 e. The molecule has 1 fully saturated rings. The highest BCUT2D eigenvalue weighted by Crippen LogP contribution is 2.27. The summed E-state index contributed by atoms with van der Waals surface area (Å²) in [6.07, 6.45) is 0. The van der Waals surface area contributed by atoms with Crippen LogP contribution >= 0.6 is 15.9 Å². The van der Waals surface area contributed by atoms with Crippen LogP contribution in [-0.4, -0.2) is 42.3 Å². The van der Waals surface area contributed by atoms with Gasteiger partial charge < -0.3 is 9.84 Å². The van der Waals surface area contributed by atoms with E-state index in [1.807, 2.05) is 0 Å². The maximum absolute atomic E-state index is 13.8. The normalized spacial score (nSPS) is 18.6. The van der Waals surface area contributed by atoms with E-state index >= 15 is 0 Å². The van der Waals surface area contributed by atoms with Crippen molar-refractivity contribution >= 4 is 21.9 Å². The fraction of sp³-hybridized carbons (Fsp3) is 0.417. The number of halogens is 2. The first-order chi connectivity index (χ1) is 8.59. The zero-order valence-electron chi connectivity index (χ0n) is 9.60. The van der Waals surface area contributed by atoms with Gasteiger partial charge in [-0.15, -0.1) is 0 Å². The van der Waals surface area contributed by atoms with Crippen LogP contribution in [0, 0.1) is 5.82 Å². The summed E-state index contributed by atoms with van der Waals surface area (Å²) >= 11 is 3.23. The summed E-state index contributed by atoms with van der Waals surface area (Å²) in [5.74, 6) is -1.55. The van der Waals surface area contributed by atoms with E-state index in [0.717, 1.165) is 0 Å². The molecule has 1 unspecified atom stereocenters. The topological polar surface area (TPSA) is 49.8 Å². The van der Waals surface area contributed by atoms with Crippen LogP contribution in [0.15, 0.2) is 22.7 Å². The maximum atomic E-state index is 13.8. The minimum Gasteiger partial charge on any atom is -0.480 e. The molecule has 0 radical (unpaired) electrons. The molecule has 1 aromatic rings. The molecular formula is C12H13BrFNO3. The first-order valence-corrected chi connectivity index (χ1v) is 6.38. The molecule has 98 valence electrons. The van der Waals surface area contributed by atoms with Crippen molar-refractivity contribution < 1.29 is 19.0 Å². The molecule has 0 aromatic heterocycles. The van der Waals surface area contributed by atoms with Crippen LogP contribution in [0.4, 0.5) is 4.39 Å². The molecule has 1 atom stereocenters. The van der Waals surface area contributed by atoms with Crippen molar-refractivity contribution in [2.75, 3.05) is 26.3 Å². The third-order valence-electron chi connectivity index (χ3n) is 2.90. The Balaban J connectivity index is 2.34. The van der Waals surface area contributed by atoms with Gasteiger partial charge >= 0.3 is 5.97 Å². The molecule has 0 saturated carbocycles. The number of carboxylic acid groups (broad SMARTS) is 1. The lowest BCUT2D eigenvalue weighted by Crippen LogP contribution is -2.42. The second kappa shape index (κ2) is 5.77. The van der Waals surface area contributed by atoms with Crippen LogP contribution in [-0.2, 0) is 9.53 Å². The zero-order valence-corrected chi connectivity index (χ0v) is 11.2. The van der Waals surface area contributed by atoms with Crippen molar-refractivity contribution in [3.63, 3.8) is 0 Å². The van der Waals surface area contributed by atoms with E-state index in [-0.39, 0.29) is 5.56 Å². The molecule has 18 heavy (non-hydrogen) atoms. The quantitative estimate of drug-likeness (QED) is 0.927. The van der Waals surface area contributed by atoms with Gasteiger partial charge in [-0.1, -0.05) is 15.9 Å². The van der Waals surface area contributed by atoms with E-state index in [2.05, 4.69) is 15.9 Å². The van der Waals surface area contributed by atoms with E-state index in [4.69, 9.17) is 4.74 Å². The van der Waals surface area contributed by atoms with E-state index < -0.39 is 17.8 Å². The molecule has 6 heteroatoms. The number of carbonyl (C=O) groups is 1. The van der Waals surface area contributed by atoms with Crippen molar-refractivity contribution in [3.8, 4) is 0 Å². The van der Waals surface area contributed by atoms with E-state index in [9.17, 15) is 14.3 Å². The maximum Gasteiger partial charge on any atom is 0.325 e. The molecule has 1 aromatic carbocycles. The lowest BCUT2D eigenvalue weighted by atomic mass is 10.0. The van der Waals surface area contributed by atoms with Crippen molar-refractivity contribution in [2.45, 2.75) is 6.04 Å². The number of hydrogen-bond acceptors (Lipinski definition) is 3. The molecule has 0 bridgehead atoms. The Labute approximate surface area is 112 Å². The average molecular weight is 318 g/mol. The van der Waals surface area contributed by atoms with Crippen molar-refractivity contribution in [3.05, 3.63) is 34.1 Å². The van der Waals surface area contributed by atoms with Crippen LogP contribution < -0.4 is 0 Å². The molecule has 0 amide bonds. The summed E-state index contributed by atoms with van der Waals surface area (Å²) in [5.41, 5.74) is 0.179. The summed E-state index contributed by atoms with van der Waals surface area (Å²) in [6.45, 7) is 1.92. The van der Waals surface area contributed by atoms with Crippen LogP contribution in [0.3, 0.4) is 0 Å². The van der Waals surface area contributed by atoms with Gasteiger partial charge in [-0.3, -0.25) is 9.69 Å². The number of hydrogen-bond donors (Lipinski definition) is 1. The second-order valence-electron chi connectivity index (χ2n) is 4.05. The van der Waals surface area contributed by atoms with Gasteiger partial charge in [-0.2, -0.15) is 0 Å². The SMILES string of the molecule is O=C(O)C(c1cc(Br)ccc1F)N1CCOCC1. The fourth-order valence-electron chi connectivity index (χ4n) is 2.05. The molecule has 1 aliphatic heterocycles. The van der Waals surface area contributed by atoms with E-state index in [0.29, 0.717) is 30.8 Å². The monoisotopic (exact) mass is 317 g/mol. The highest BCUT2D eigenvalue weighted by molar-refractivity contribution is 9.10. The Hall–Kier alpha value is -0.980. The van der Waals surface area contributed by atoms with Gasteiger partial charge in [0.2, 0.25) is 0 Å². The van der Waals surface area contributed by atoms with Crippen molar-refractivity contribution in [2.24, 2.45) is 0 Å². The van der Waals surface area contributed by atoms with Crippen LogP contribution in [0.2, 0.25) is 0 Å². The fourth-order valence-corrected chi connectivity index (χ4v) is 2.42. The number of benzene rings is 1. The average Bonchev–Trinajstić information content (AvgIpc) is 2.35. The van der Waals surface area contributed by atoms with Gasteiger partial charge in [0, 0.05) is 23.1 Å². The summed E-state index contributed by atoms with van der Waals surface area (Å²) in [5, 5.41) is 9.33. The van der Waals surface area contributed by atoms with Gasteiger partial charge in [0.15, 0.2) is 0 Å². The van der Waals surface area contributed by atoms with Crippen molar-refractivity contribution in [1.82, 2.24) is 4.90 Å². The number of rotatable bonds is 3. The minimum atomic E-state index is -1.05. The predicted molar refractivity (Wildman–Crippen MR) is 66.9 cm³/mol. The molecular weight excluding hydrogens is 305 g/mol. The number of aliphatic carboxylic acids is 1. The third kappa shape index (κ3) is 2.88. The molecule has 4 nitrogen and oxygen atoms in total. The molecule has 2 rings (SSSR count). The number of carboxylic acids is 1. The van der Waals surface area contributed by atoms with E-state index in [1.54, 1.807) is 11.0 Å². The second-order valence-corrected chi connectivity index (χ2v) is 4.97. The summed E-state index contributed by atoms with van der Waals surface area (Å²) in [4.78, 5) is 13.1. The Kier molecular flexibility index (Phi) is 4.31. The van der Waals surface area contributed by atoms with Crippen LogP contribution in [0.1, 0.15) is 11.6 Å². The van der Waals surface area contributed by atoms with Gasteiger partial charge in [-0.05, 0) is 18.2 Å². The number of ether oxygens (including phenoxy) is 1. The first kappa shape index (κ1) is 13.5. The zero-order chi connectivity index (χ0) is 13.1. The van der Waals surface area contributed by atoms with Crippen LogP contribution in [0.25, 0.3) is 0 Å². The predicted octanol–water partition coefficient (Wildman–Crippen LogP) is 2.05. The highest BCUT2D eigenvalue weighted by Gasteiger charge is 2.31. The first-order valence-electron chi connectivity index (χ1n) is 5.59. The largest absolute Gasteiger partial charge is 0.480 e. The highest BCUT2D eigenvalue weighted by atomic mass is 79.9. The number of morpholine rings is 1. The summed E-state index contributed by atoms with van der Waals surface area (Å²) in [7, 11) is 0. The summed E-state index contributed by atoms with van der Waals surface area (Å²) in [6, 6.07) is 3.38. The Morgan fingerprint density at radius 2 is 2.11 bits per heavy atom. The Bertz CT molecular complexity index is 449. The van der Waals surface area contributed by atoms with Gasteiger partial charge in [-0.25, -0.2) is 4.39 Å². The Morgan fingerprint density at radius 1 is 1.44 bits per heavy atom. The van der Waals surface area contributed by atoms with Crippen molar-refractivity contribution in [1.29, 1.82) is 0 Å².